The second-order valence-corrected chi connectivity index (χ2v) is 7.87. The second kappa shape index (κ2) is 6.40. The first-order chi connectivity index (χ1) is 11.8. The van der Waals surface area contributed by atoms with Crippen LogP contribution in [0.5, 0.6) is 5.88 Å². The van der Waals surface area contributed by atoms with Crippen LogP contribution >= 0.6 is 0 Å². The Morgan fingerprint density at radius 3 is 2.80 bits per heavy atom. The highest BCUT2D eigenvalue weighted by Gasteiger charge is 2.25. The first-order valence-electron chi connectivity index (χ1n) is 7.79. The van der Waals surface area contributed by atoms with Gasteiger partial charge in [0.05, 0.1) is 19.1 Å². The molecular weight excluding hydrogens is 344 g/mol. The molecule has 1 aliphatic rings. The maximum Gasteiger partial charge on any atom is 0.262 e. The van der Waals surface area contributed by atoms with Crippen LogP contribution in [-0.2, 0) is 23.5 Å². The molecule has 25 heavy (non-hydrogen) atoms. The van der Waals surface area contributed by atoms with E-state index < -0.39 is 10.0 Å². The molecule has 0 fully saturated rings. The predicted octanol–water partition coefficient (Wildman–Crippen LogP) is 1.39. The van der Waals surface area contributed by atoms with Crippen LogP contribution in [0.25, 0.3) is 0 Å². The third-order valence-electron chi connectivity index (χ3n) is 4.05. The van der Waals surface area contributed by atoms with Gasteiger partial charge in [0.15, 0.2) is 0 Å². The molecule has 0 saturated heterocycles. The molecule has 0 saturated carbocycles. The van der Waals surface area contributed by atoms with Crippen molar-refractivity contribution < 1.29 is 17.9 Å². The molecule has 0 spiro atoms. The molecule has 9 heteroatoms. The van der Waals surface area contributed by atoms with Crippen LogP contribution in [0.15, 0.2) is 24.4 Å². The third kappa shape index (κ3) is 3.46. The topological polar surface area (TPSA) is 93.5 Å². The van der Waals surface area contributed by atoms with Crippen molar-refractivity contribution in [2.24, 2.45) is 7.05 Å². The van der Waals surface area contributed by atoms with Crippen molar-refractivity contribution in [3.63, 3.8) is 0 Å². The summed E-state index contributed by atoms with van der Waals surface area (Å²) < 4.78 is 32.0. The number of amides is 1. The fourth-order valence-corrected chi connectivity index (χ4v) is 3.92. The average Bonchev–Trinajstić information content (AvgIpc) is 2.94. The Kier molecular flexibility index (Phi) is 4.42. The Morgan fingerprint density at radius 2 is 2.12 bits per heavy atom. The molecule has 1 amide bonds. The van der Waals surface area contributed by atoms with Gasteiger partial charge in [0, 0.05) is 25.5 Å². The zero-order valence-corrected chi connectivity index (χ0v) is 15.1. The quantitative estimate of drug-likeness (QED) is 0.885. The summed E-state index contributed by atoms with van der Waals surface area (Å²) in [4.78, 5) is 12.5. The number of rotatable bonds is 4. The summed E-state index contributed by atoms with van der Waals surface area (Å²) in [5.41, 5.74) is 2.39. The summed E-state index contributed by atoms with van der Waals surface area (Å²) in [7, 11) is -0.214. The van der Waals surface area contributed by atoms with E-state index in [2.05, 4.69) is 10.4 Å². The zero-order valence-electron chi connectivity index (χ0n) is 14.3. The van der Waals surface area contributed by atoms with Crippen molar-refractivity contribution in [1.29, 1.82) is 0 Å². The lowest BCUT2D eigenvalue weighted by atomic mass is 10.0. The largest absolute Gasteiger partial charge is 0.479 e. The Bertz CT molecular complexity index is 920. The van der Waals surface area contributed by atoms with Crippen LogP contribution in [-0.4, -0.2) is 44.0 Å². The number of aryl methyl sites for hydroxylation is 2. The third-order valence-corrected chi connectivity index (χ3v) is 5.23. The van der Waals surface area contributed by atoms with E-state index in [0.717, 1.165) is 18.4 Å². The predicted molar refractivity (Wildman–Crippen MR) is 94.7 cm³/mol. The molecule has 0 radical (unpaired) electrons. The van der Waals surface area contributed by atoms with Crippen molar-refractivity contribution in [2.75, 3.05) is 29.5 Å². The van der Waals surface area contributed by atoms with Gasteiger partial charge in [-0.15, -0.1) is 5.10 Å². The maximum atomic E-state index is 12.5. The van der Waals surface area contributed by atoms with Crippen molar-refractivity contribution in [3.8, 4) is 5.88 Å². The standard InChI is InChI=1S/C16H20N4O4S/c1-19-10-13(16(18-19)24-2)15(21)17-12-7-6-11-5-4-8-20(14(11)9-12)25(3,22)23/h6-7,9-10H,4-5,8H2,1-3H3,(H,17,21). The SMILES string of the molecule is COc1nn(C)cc1C(=O)Nc1ccc2c(c1)N(S(C)(=O)=O)CCC2. The fourth-order valence-electron chi connectivity index (χ4n) is 2.94. The van der Waals surface area contributed by atoms with Gasteiger partial charge in [-0.05, 0) is 30.5 Å². The van der Waals surface area contributed by atoms with Crippen molar-refractivity contribution in [3.05, 3.63) is 35.5 Å². The van der Waals surface area contributed by atoms with E-state index in [1.807, 2.05) is 6.07 Å². The average molecular weight is 364 g/mol. The lowest BCUT2D eigenvalue weighted by Crippen LogP contribution is -2.34. The number of fused-ring (bicyclic) bond motifs is 1. The number of aromatic nitrogens is 2. The molecular formula is C16H20N4O4S. The molecule has 0 bridgehead atoms. The molecule has 2 aromatic rings. The summed E-state index contributed by atoms with van der Waals surface area (Å²) >= 11 is 0. The van der Waals surface area contributed by atoms with Gasteiger partial charge in [-0.25, -0.2) is 8.42 Å². The van der Waals surface area contributed by atoms with E-state index in [1.165, 1.54) is 22.4 Å². The van der Waals surface area contributed by atoms with E-state index in [-0.39, 0.29) is 11.8 Å². The number of benzene rings is 1. The number of methoxy groups -OCH3 is 1. The maximum absolute atomic E-state index is 12.5. The first kappa shape index (κ1) is 17.3. The van der Waals surface area contributed by atoms with Gasteiger partial charge in [-0.2, -0.15) is 0 Å². The van der Waals surface area contributed by atoms with E-state index in [9.17, 15) is 13.2 Å². The van der Waals surface area contributed by atoms with Crippen LogP contribution in [0.1, 0.15) is 22.3 Å². The number of nitrogens with zero attached hydrogens (tertiary/aromatic N) is 3. The minimum absolute atomic E-state index is 0.232. The summed E-state index contributed by atoms with van der Waals surface area (Å²) in [5, 5.41) is 6.83. The zero-order chi connectivity index (χ0) is 18.2. The number of ether oxygens (including phenoxy) is 1. The monoisotopic (exact) mass is 364 g/mol. The van der Waals surface area contributed by atoms with Crippen LogP contribution in [0, 0.1) is 0 Å². The van der Waals surface area contributed by atoms with Crippen molar-refractivity contribution in [1.82, 2.24) is 9.78 Å². The number of carbonyl (C=O) groups is 1. The fraction of sp³-hybridized carbons (Fsp3) is 0.375. The van der Waals surface area contributed by atoms with E-state index in [1.54, 1.807) is 25.4 Å². The van der Waals surface area contributed by atoms with Crippen LogP contribution in [0.4, 0.5) is 11.4 Å². The molecule has 1 aliphatic heterocycles. The summed E-state index contributed by atoms with van der Waals surface area (Å²) in [6.45, 7) is 0.444. The Labute approximate surface area is 146 Å². The lowest BCUT2D eigenvalue weighted by Gasteiger charge is -2.29. The molecule has 134 valence electrons. The molecule has 1 aromatic heterocycles. The summed E-state index contributed by atoms with van der Waals surface area (Å²) in [6.07, 6.45) is 4.34. The van der Waals surface area contributed by atoms with Gasteiger partial charge >= 0.3 is 0 Å². The van der Waals surface area contributed by atoms with E-state index in [4.69, 9.17) is 4.74 Å². The molecule has 0 atom stereocenters. The molecule has 0 unspecified atom stereocenters. The summed E-state index contributed by atoms with van der Waals surface area (Å²) in [6, 6.07) is 5.31. The number of sulfonamides is 1. The number of nitrogens with one attached hydrogen (secondary N) is 1. The van der Waals surface area contributed by atoms with Gasteiger partial charge in [0.1, 0.15) is 5.56 Å². The Hall–Kier alpha value is -2.55. The Balaban J connectivity index is 1.90. The Morgan fingerprint density at radius 1 is 1.36 bits per heavy atom. The van der Waals surface area contributed by atoms with Crippen LogP contribution in [0.3, 0.4) is 0 Å². The van der Waals surface area contributed by atoms with Crippen molar-refractivity contribution >= 4 is 27.3 Å². The molecule has 3 rings (SSSR count). The minimum Gasteiger partial charge on any atom is -0.479 e. The highest BCUT2D eigenvalue weighted by atomic mass is 32.2. The number of carbonyl (C=O) groups excluding carboxylic acids is 1. The van der Waals surface area contributed by atoms with Crippen LogP contribution in [0.2, 0.25) is 0 Å². The molecule has 1 aromatic carbocycles. The molecule has 0 aliphatic carbocycles. The molecule has 1 N–H and O–H groups in total. The number of hydrogen-bond acceptors (Lipinski definition) is 5. The van der Waals surface area contributed by atoms with Gasteiger partial charge in [0.25, 0.3) is 5.91 Å². The highest BCUT2D eigenvalue weighted by Crippen LogP contribution is 2.32. The van der Waals surface area contributed by atoms with Crippen LogP contribution < -0.4 is 14.4 Å². The first-order valence-corrected chi connectivity index (χ1v) is 9.64. The number of hydrogen-bond donors (Lipinski definition) is 1. The van der Waals surface area contributed by atoms with Gasteiger partial charge in [-0.3, -0.25) is 13.8 Å². The minimum atomic E-state index is -3.36. The van der Waals surface area contributed by atoms with Gasteiger partial charge in [0.2, 0.25) is 15.9 Å². The summed E-state index contributed by atoms with van der Waals surface area (Å²) in [5.74, 6) is -0.137. The van der Waals surface area contributed by atoms with E-state index in [0.29, 0.717) is 23.5 Å². The normalized spacial score (nSPS) is 14.1. The molecule has 8 nitrogen and oxygen atoms in total. The second-order valence-electron chi connectivity index (χ2n) is 5.96. The van der Waals surface area contributed by atoms with Gasteiger partial charge < -0.3 is 10.1 Å². The lowest BCUT2D eigenvalue weighted by molar-refractivity contribution is 0.102. The van der Waals surface area contributed by atoms with E-state index >= 15 is 0 Å². The number of anilines is 2. The van der Waals surface area contributed by atoms with Crippen molar-refractivity contribution in [2.45, 2.75) is 12.8 Å². The smallest absolute Gasteiger partial charge is 0.262 e. The highest BCUT2D eigenvalue weighted by molar-refractivity contribution is 7.92. The molecule has 2 heterocycles. The van der Waals surface area contributed by atoms with Gasteiger partial charge in [-0.1, -0.05) is 6.07 Å².